The average molecular weight is 480 g/mol. The molecule has 0 aromatic carbocycles. The number of halogens is 4. The number of rotatable bonds is 4. The molecule has 1 aliphatic heterocycles. The second-order valence-electron chi connectivity index (χ2n) is 7.57. The molecule has 0 radical (unpaired) electrons. The van der Waals surface area contributed by atoms with Crippen LogP contribution in [-0.2, 0) is 6.42 Å². The topological polar surface area (TPSA) is 96.6 Å². The van der Waals surface area contributed by atoms with E-state index >= 15 is 0 Å². The summed E-state index contributed by atoms with van der Waals surface area (Å²) in [6.45, 7) is 1.17. The van der Waals surface area contributed by atoms with E-state index in [0.29, 0.717) is 29.5 Å². The molecule has 0 aliphatic carbocycles. The van der Waals surface area contributed by atoms with E-state index < -0.39 is 12.6 Å². The Labute approximate surface area is 189 Å². The molecule has 0 spiro atoms. The largest absolute Gasteiger partial charge is 0.394 e. The van der Waals surface area contributed by atoms with Crippen molar-refractivity contribution in [2.24, 2.45) is 5.73 Å². The van der Waals surface area contributed by atoms with Crippen LogP contribution in [0.4, 0.5) is 19.0 Å². The van der Waals surface area contributed by atoms with Gasteiger partial charge in [0.1, 0.15) is 11.5 Å². The van der Waals surface area contributed by atoms with Crippen molar-refractivity contribution in [3.63, 3.8) is 0 Å². The third-order valence-corrected chi connectivity index (χ3v) is 6.40. The van der Waals surface area contributed by atoms with Crippen LogP contribution in [0.1, 0.15) is 12.1 Å². The fraction of sp³-hybridized carbons (Fsp3) is 0.300. The van der Waals surface area contributed by atoms with Gasteiger partial charge in [-0.2, -0.15) is 13.2 Å². The zero-order valence-corrected chi connectivity index (χ0v) is 18.1. The number of nitrogens with zero attached hydrogens (tertiary/aromatic N) is 5. The summed E-state index contributed by atoms with van der Waals surface area (Å²) < 4.78 is 39.1. The quantitative estimate of drug-likeness (QED) is 0.420. The van der Waals surface area contributed by atoms with Gasteiger partial charge < -0.3 is 15.6 Å². The van der Waals surface area contributed by atoms with Crippen molar-refractivity contribution in [3.8, 4) is 0 Å². The van der Waals surface area contributed by atoms with Crippen LogP contribution in [0.3, 0.4) is 0 Å². The molecule has 7 nitrogen and oxygen atoms in total. The van der Waals surface area contributed by atoms with Crippen molar-refractivity contribution in [1.29, 1.82) is 0 Å². The van der Waals surface area contributed by atoms with Gasteiger partial charge in [-0.15, -0.1) is 0 Å². The van der Waals surface area contributed by atoms with Gasteiger partial charge in [-0.05, 0) is 36.4 Å². The van der Waals surface area contributed by atoms with Crippen molar-refractivity contribution in [1.82, 2.24) is 24.9 Å². The van der Waals surface area contributed by atoms with Crippen LogP contribution in [-0.4, -0.2) is 50.2 Å². The Kier molecular flexibility index (Phi) is 5.34. The first kappa shape index (κ1) is 21.2. The Morgan fingerprint density at radius 3 is 2.84 bits per heavy atom. The van der Waals surface area contributed by atoms with Gasteiger partial charge in [0.15, 0.2) is 5.16 Å². The molecule has 1 unspecified atom stereocenters. The van der Waals surface area contributed by atoms with Crippen molar-refractivity contribution >= 4 is 51.2 Å². The second-order valence-corrected chi connectivity index (χ2v) is 8.99. The number of nitrogens with two attached hydrogens (primary N) is 1. The molecule has 4 aromatic heterocycles. The first-order chi connectivity index (χ1) is 15.3. The van der Waals surface area contributed by atoms with E-state index in [0.717, 1.165) is 22.3 Å². The predicted octanol–water partition coefficient (Wildman–Crippen LogP) is 4.35. The number of nitrogens with one attached hydrogen (secondary N) is 1. The van der Waals surface area contributed by atoms with Crippen LogP contribution >= 0.6 is 23.4 Å². The molecule has 1 saturated heterocycles. The van der Waals surface area contributed by atoms with Crippen LogP contribution in [0.25, 0.3) is 22.1 Å². The molecule has 4 aromatic rings. The molecule has 12 heteroatoms. The Bertz CT molecular complexity index is 1310. The lowest BCUT2D eigenvalue weighted by atomic mass is 10.2. The Morgan fingerprint density at radius 1 is 1.25 bits per heavy atom. The minimum atomic E-state index is -4.41. The summed E-state index contributed by atoms with van der Waals surface area (Å²) in [5.74, 6) is 0.479. The molecule has 5 rings (SSSR count). The van der Waals surface area contributed by atoms with Crippen LogP contribution in [0.15, 0.2) is 40.6 Å². The molecular weight excluding hydrogens is 463 g/mol. The maximum atomic E-state index is 13.0. The maximum absolute atomic E-state index is 13.0. The van der Waals surface area contributed by atoms with Crippen molar-refractivity contribution in [2.75, 3.05) is 18.0 Å². The summed E-state index contributed by atoms with van der Waals surface area (Å²) in [5.41, 5.74) is 7.66. The van der Waals surface area contributed by atoms with E-state index in [1.165, 1.54) is 11.8 Å². The highest BCUT2D eigenvalue weighted by atomic mass is 35.5. The van der Waals surface area contributed by atoms with Gasteiger partial charge in [0.05, 0.1) is 27.9 Å². The molecule has 1 aliphatic rings. The molecule has 1 fully saturated rings. The lowest BCUT2D eigenvalue weighted by molar-refractivity contribution is -0.127. The molecule has 0 amide bonds. The normalized spacial score (nSPS) is 17.0. The van der Waals surface area contributed by atoms with E-state index in [1.807, 2.05) is 17.0 Å². The van der Waals surface area contributed by atoms with Gasteiger partial charge in [-0.25, -0.2) is 9.97 Å². The van der Waals surface area contributed by atoms with E-state index in [9.17, 15) is 13.2 Å². The standard InChI is InChI=1S/C20H17ClF3N7S/c21-16-14(7-20(22,23)24)28-17-15(16)18(31-5-3-10(25)9-31)30-19(29-17)32-11-6-13-12(27-8-11)2-1-4-26-13/h1-2,4,6,8,10H,3,5,7,9,25H2,(H,28,29,30). The van der Waals surface area contributed by atoms with E-state index in [4.69, 9.17) is 17.3 Å². The number of hydrogen-bond acceptors (Lipinski definition) is 7. The summed E-state index contributed by atoms with van der Waals surface area (Å²) >= 11 is 7.62. The second kappa shape index (κ2) is 8.05. The summed E-state index contributed by atoms with van der Waals surface area (Å²) in [6.07, 6.45) is -1.46. The van der Waals surface area contributed by atoms with Gasteiger partial charge in [0.2, 0.25) is 0 Å². The van der Waals surface area contributed by atoms with Crippen molar-refractivity contribution in [3.05, 3.63) is 41.3 Å². The summed E-state index contributed by atoms with van der Waals surface area (Å²) in [7, 11) is 0. The zero-order valence-electron chi connectivity index (χ0n) is 16.5. The minimum absolute atomic E-state index is 0.0130. The first-order valence-corrected chi connectivity index (χ1v) is 11.0. The fourth-order valence-electron chi connectivity index (χ4n) is 3.74. The van der Waals surface area contributed by atoms with Crippen LogP contribution < -0.4 is 10.6 Å². The van der Waals surface area contributed by atoms with Crippen LogP contribution in [0.5, 0.6) is 0 Å². The van der Waals surface area contributed by atoms with E-state index in [2.05, 4.69) is 24.9 Å². The predicted molar refractivity (Wildman–Crippen MR) is 117 cm³/mol. The smallest absolute Gasteiger partial charge is 0.354 e. The average Bonchev–Trinajstić information content (AvgIpc) is 3.30. The number of fused-ring (bicyclic) bond motifs is 2. The van der Waals surface area contributed by atoms with Crippen LogP contribution in [0, 0.1) is 0 Å². The number of pyridine rings is 2. The summed E-state index contributed by atoms with van der Waals surface area (Å²) in [6, 6.07) is 5.49. The van der Waals surface area contributed by atoms with Crippen LogP contribution in [0.2, 0.25) is 5.02 Å². The Hall–Kier alpha value is -2.63. The molecule has 0 saturated carbocycles. The summed E-state index contributed by atoms with van der Waals surface area (Å²) in [5, 5.41) is 0.727. The molecule has 5 heterocycles. The van der Waals surface area contributed by atoms with Crippen molar-refractivity contribution in [2.45, 2.75) is 35.1 Å². The van der Waals surface area contributed by atoms with Gasteiger partial charge in [-0.1, -0.05) is 11.6 Å². The number of H-pyrrole nitrogens is 1. The number of hydrogen-bond donors (Lipinski definition) is 2. The lowest BCUT2D eigenvalue weighted by Crippen LogP contribution is -2.27. The third kappa shape index (κ3) is 4.19. The number of anilines is 1. The van der Waals surface area contributed by atoms with E-state index in [1.54, 1.807) is 18.5 Å². The van der Waals surface area contributed by atoms with E-state index in [-0.39, 0.29) is 22.4 Å². The Balaban J connectivity index is 1.59. The summed E-state index contributed by atoms with van der Waals surface area (Å²) in [4.78, 5) is 23.2. The molecular formula is C20H17ClF3N7S. The number of alkyl halides is 3. The molecule has 32 heavy (non-hydrogen) atoms. The molecule has 166 valence electrons. The monoisotopic (exact) mass is 479 g/mol. The first-order valence-electron chi connectivity index (χ1n) is 9.81. The maximum Gasteiger partial charge on any atom is 0.394 e. The minimum Gasteiger partial charge on any atom is -0.354 e. The molecule has 1 atom stereocenters. The highest BCUT2D eigenvalue weighted by Gasteiger charge is 2.32. The highest BCUT2D eigenvalue weighted by Crippen LogP contribution is 2.39. The molecule has 3 N–H and O–H groups in total. The van der Waals surface area contributed by atoms with Gasteiger partial charge in [0, 0.05) is 42.1 Å². The highest BCUT2D eigenvalue weighted by molar-refractivity contribution is 7.99. The fourth-order valence-corrected chi connectivity index (χ4v) is 4.79. The molecule has 0 bridgehead atoms. The zero-order chi connectivity index (χ0) is 22.5. The lowest BCUT2D eigenvalue weighted by Gasteiger charge is -2.18. The Morgan fingerprint density at radius 2 is 2.09 bits per heavy atom. The number of aromatic amines is 1. The SMILES string of the molecule is NC1CCN(c2nc(Sc3cnc4cccnc4c3)nc3[nH]c(CC(F)(F)F)c(Cl)c23)C1. The third-order valence-electron chi connectivity index (χ3n) is 5.16. The van der Waals surface area contributed by atoms with Gasteiger partial charge in [0.25, 0.3) is 0 Å². The van der Waals surface area contributed by atoms with Crippen molar-refractivity contribution < 1.29 is 13.2 Å². The van der Waals surface area contributed by atoms with Gasteiger partial charge in [-0.3, -0.25) is 9.97 Å². The number of aromatic nitrogens is 5. The van der Waals surface area contributed by atoms with Gasteiger partial charge >= 0.3 is 6.18 Å².